The quantitative estimate of drug-likeness (QED) is 0.525. The monoisotopic (exact) mass is 365 g/mol. The number of carbonyl (C=O) groups excluding carboxylic acids is 1. The van der Waals surface area contributed by atoms with E-state index in [4.69, 9.17) is 9.26 Å². The van der Waals surface area contributed by atoms with Crippen LogP contribution in [0, 0.1) is 0 Å². The van der Waals surface area contributed by atoms with Crippen LogP contribution in [0.5, 0.6) is 0 Å². The highest BCUT2D eigenvalue weighted by atomic mass is 79.9. The molecule has 0 aromatic carbocycles. The number of hydrogen-bond donors (Lipinski definition) is 0. The molecule has 0 aromatic rings. The summed E-state index contributed by atoms with van der Waals surface area (Å²) < 4.78 is 7.27. The second-order valence-electron chi connectivity index (χ2n) is 6.45. The Hall–Kier alpha value is -0.173. The van der Waals surface area contributed by atoms with Gasteiger partial charge in [-0.05, 0) is 35.6 Å². The van der Waals surface area contributed by atoms with Crippen molar-refractivity contribution in [1.82, 2.24) is 5.06 Å². The van der Waals surface area contributed by atoms with Crippen molar-refractivity contribution in [2.75, 3.05) is 14.2 Å². The van der Waals surface area contributed by atoms with Gasteiger partial charge in [0.15, 0.2) is 8.32 Å². The number of allylic oxidation sites excluding steroid dienone is 1. The maximum absolute atomic E-state index is 12.0. The van der Waals surface area contributed by atoms with Gasteiger partial charge in [-0.15, -0.1) is 0 Å². The summed E-state index contributed by atoms with van der Waals surface area (Å²) in [4.78, 5) is 16.9. The number of carbonyl (C=O) groups is 1. The Kier molecular flexibility index (Phi) is 7.66. The summed E-state index contributed by atoms with van der Waals surface area (Å²) in [6, 6.07) is 0. The van der Waals surface area contributed by atoms with E-state index >= 15 is 0 Å². The summed E-state index contributed by atoms with van der Waals surface area (Å²) in [5.74, 6) is -0.0961. The van der Waals surface area contributed by atoms with Crippen molar-refractivity contribution in [2.45, 2.75) is 58.4 Å². The van der Waals surface area contributed by atoms with E-state index in [1.807, 2.05) is 13.0 Å². The molecular weight excluding hydrogens is 338 g/mol. The third-order valence-corrected chi connectivity index (χ3v) is 8.44. The minimum Gasteiger partial charge on any atom is -0.410 e. The summed E-state index contributed by atoms with van der Waals surface area (Å²) in [6.45, 7) is 12.9. The van der Waals surface area contributed by atoms with Gasteiger partial charge in [-0.25, -0.2) is 5.06 Å². The molecule has 6 heteroatoms. The molecule has 0 bridgehead atoms. The van der Waals surface area contributed by atoms with Gasteiger partial charge in [0.25, 0.3) is 0 Å². The van der Waals surface area contributed by atoms with Gasteiger partial charge in [-0.3, -0.25) is 9.63 Å². The Morgan fingerprint density at radius 1 is 1.40 bits per heavy atom. The number of nitrogens with zero attached hydrogens (tertiary/aromatic N) is 1. The molecule has 0 aliphatic carbocycles. The van der Waals surface area contributed by atoms with E-state index in [-0.39, 0.29) is 23.5 Å². The molecule has 0 rings (SSSR count). The zero-order valence-electron chi connectivity index (χ0n) is 13.9. The normalized spacial score (nSPS) is 15.2. The molecule has 0 saturated carbocycles. The van der Waals surface area contributed by atoms with Crippen molar-refractivity contribution in [3.63, 3.8) is 0 Å². The molecule has 0 N–H and O–H groups in total. The van der Waals surface area contributed by atoms with Crippen LogP contribution >= 0.6 is 15.9 Å². The van der Waals surface area contributed by atoms with Crippen LogP contribution in [0.2, 0.25) is 18.1 Å². The molecular formula is C14H28BrNO3Si. The molecule has 0 saturated heterocycles. The van der Waals surface area contributed by atoms with Gasteiger partial charge in [-0.1, -0.05) is 36.7 Å². The molecule has 1 atom stereocenters. The van der Waals surface area contributed by atoms with Crippen LogP contribution < -0.4 is 0 Å². The standard InChI is InChI=1S/C14H28BrNO3Si/c1-11(15)9-12(10-13(17)16(5)18-6)19-20(7,8)14(2,3)4/h9,12H,10H2,1-8H3/b11-9+/t12-/m1/s1. The maximum atomic E-state index is 12.0. The van der Waals surface area contributed by atoms with E-state index in [1.165, 1.54) is 12.2 Å². The summed E-state index contributed by atoms with van der Waals surface area (Å²) in [5, 5.41) is 1.34. The van der Waals surface area contributed by atoms with Crippen LogP contribution in [-0.2, 0) is 14.1 Å². The van der Waals surface area contributed by atoms with Crippen molar-refractivity contribution in [2.24, 2.45) is 0 Å². The highest BCUT2D eigenvalue weighted by Gasteiger charge is 2.39. The van der Waals surface area contributed by atoms with Crippen LogP contribution in [0.4, 0.5) is 0 Å². The largest absolute Gasteiger partial charge is 0.410 e. The summed E-state index contributed by atoms with van der Waals surface area (Å²) in [5.41, 5.74) is 0. The number of amides is 1. The van der Waals surface area contributed by atoms with Crippen LogP contribution in [0.15, 0.2) is 10.6 Å². The summed E-state index contributed by atoms with van der Waals surface area (Å²) >= 11 is 3.42. The second-order valence-corrected chi connectivity index (χ2v) is 12.5. The van der Waals surface area contributed by atoms with Gasteiger partial charge in [0.05, 0.1) is 19.6 Å². The van der Waals surface area contributed by atoms with Gasteiger partial charge in [0, 0.05) is 7.05 Å². The predicted molar refractivity (Wildman–Crippen MR) is 89.2 cm³/mol. The second kappa shape index (κ2) is 7.73. The SMILES string of the molecule is CON(C)C(=O)C[C@@H](/C=C(\C)Br)O[Si](C)(C)C(C)(C)C. The first-order chi connectivity index (χ1) is 8.90. The molecule has 1 amide bonds. The first-order valence-corrected chi connectivity index (χ1v) is 10.4. The number of hydroxylamine groups is 2. The molecule has 0 radical (unpaired) electrons. The van der Waals surface area contributed by atoms with E-state index in [9.17, 15) is 4.79 Å². The lowest BCUT2D eigenvalue weighted by atomic mass is 10.2. The smallest absolute Gasteiger partial charge is 0.248 e. The maximum Gasteiger partial charge on any atom is 0.248 e. The topological polar surface area (TPSA) is 38.8 Å². The fourth-order valence-electron chi connectivity index (χ4n) is 1.35. The third-order valence-electron chi connectivity index (χ3n) is 3.67. The van der Waals surface area contributed by atoms with E-state index in [2.05, 4.69) is 49.8 Å². The molecule has 0 aliphatic rings. The summed E-state index contributed by atoms with van der Waals surface area (Å²) in [7, 11) is 1.16. The third kappa shape index (κ3) is 6.52. The molecule has 0 spiro atoms. The lowest BCUT2D eigenvalue weighted by molar-refractivity contribution is -0.169. The van der Waals surface area contributed by atoms with Crippen LogP contribution in [0.3, 0.4) is 0 Å². The van der Waals surface area contributed by atoms with E-state index in [1.54, 1.807) is 7.05 Å². The molecule has 0 unspecified atom stereocenters. The zero-order chi connectivity index (χ0) is 16.1. The first kappa shape index (κ1) is 19.8. The van der Waals surface area contributed by atoms with Crippen LogP contribution in [0.1, 0.15) is 34.1 Å². The van der Waals surface area contributed by atoms with E-state index < -0.39 is 8.32 Å². The Balaban J connectivity index is 5.02. The highest BCUT2D eigenvalue weighted by molar-refractivity contribution is 9.11. The Morgan fingerprint density at radius 3 is 2.25 bits per heavy atom. The van der Waals surface area contributed by atoms with E-state index in [0.717, 1.165) is 4.48 Å². The Bertz CT molecular complexity index is 360. The van der Waals surface area contributed by atoms with Crippen LogP contribution in [-0.4, -0.2) is 39.5 Å². The van der Waals surface area contributed by atoms with Crippen molar-refractivity contribution < 1.29 is 14.1 Å². The number of hydrogen-bond acceptors (Lipinski definition) is 3. The van der Waals surface area contributed by atoms with Gasteiger partial charge >= 0.3 is 0 Å². The number of rotatable bonds is 6. The minimum atomic E-state index is -1.92. The minimum absolute atomic E-state index is 0.0961. The Labute approximate surface area is 132 Å². The van der Waals surface area contributed by atoms with Gasteiger partial charge in [-0.2, -0.15) is 0 Å². The van der Waals surface area contributed by atoms with Gasteiger partial charge < -0.3 is 4.43 Å². The molecule has 0 aliphatic heterocycles. The molecule has 118 valence electrons. The lowest BCUT2D eigenvalue weighted by Gasteiger charge is -2.38. The summed E-state index contributed by atoms with van der Waals surface area (Å²) in [6.07, 6.45) is 1.99. The van der Waals surface area contributed by atoms with E-state index in [0.29, 0.717) is 0 Å². The van der Waals surface area contributed by atoms with Crippen LogP contribution in [0.25, 0.3) is 0 Å². The fourth-order valence-corrected chi connectivity index (χ4v) is 2.91. The predicted octanol–water partition coefficient (Wildman–Crippen LogP) is 4.09. The molecule has 20 heavy (non-hydrogen) atoms. The van der Waals surface area contributed by atoms with Crippen molar-refractivity contribution >= 4 is 30.2 Å². The number of halogens is 1. The lowest BCUT2D eigenvalue weighted by Crippen LogP contribution is -2.44. The van der Waals surface area contributed by atoms with Gasteiger partial charge in [0.2, 0.25) is 5.91 Å². The molecule has 0 aromatic heterocycles. The van der Waals surface area contributed by atoms with Crippen molar-refractivity contribution in [1.29, 1.82) is 0 Å². The molecule has 0 fully saturated rings. The van der Waals surface area contributed by atoms with Gasteiger partial charge in [0.1, 0.15) is 0 Å². The highest BCUT2D eigenvalue weighted by Crippen LogP contribution is 2.38. The van der Waals surface area contributed by atoms with Crippen molar-refractivity contribution in [3.8, 4) is 0 Å². The average Bonchev–Trinajstić information content (AvgIpc) is 2.24. The fraction of sp³-hybridized carbons (Fsp3) is 0.786. The zero-order valence-corrected chi connectivity index (χ0v) is 16.5. The molecule has 0 heterocycles. The average molecular weight is 366 g/mol. The first-order valence-electron chi connectivity index (χ1n) is 6.73. The Morgan fingerprint density at radius 2 is 1.90 bits per heavy atom. The molecule has 4 nitrogen and oxygen atoms in total. The van der Waals surface area contributed by atoms with Crippen molar-refractivity contribution in [3.05, 3.63) is 10.6 Å².